The molecule has 0 spiro atoms. The lowest BCUT2D eigenvalue weighted by Gasteiger charge is -2.11. The predicted molar refractivity (Wildman–Crippen MR) is 65.3 cm³/mol. The standard InChI is InChI=1S/C11H16N2O3S/c1-4-12-11(14)9-5-7-10(8-6-9)17(15,16)13(2)3/h5-8H,4H2,1-3H3,(H,12,14). The van der Waals surface area contributed by atoms with Crippen LogP contribution in [0, 0.1) is 0 Å². The van der Waals surface area contributed by atoms with E-state index >= 15 is 0 Å². The van der Waals surface area contributed by atoms with E-state index in [0.29, 0.717) is 12.1 Å². The highest BCUT2D eigenvalue weighted by atomic mass is 32.2. The second-order valence-electron chi connectivity index (χ2n) is 3.67. The summed E-state index contributed by atoms with van der Waals surface area (Å²) in [6, 6.07) is 5.86. The van der Waals surface area contributed by atoms with E-state index in [1.165, 1.54) is 38.4 Å². The minimum atomic E-state index is -3.43. The van der Waals surface area contributed by atoms with Crippen molar-refractivity contribution in [1.82, 2.24) is 9.62 Å². The van der Waals surface area contributed by atoms with Crippen molar-refractivity contribution in [3.63, 3.8) is 0 Å². The molecule has 1 aromatic rings. The summed E-state index contributed by atoms with van der Waals surface area (Å²) in [6.07, 6.45) is 0. The Hall–Kier alpha value is -1.40. The van der Waals surface area contributed by atoms with Crippen molar-refractivity contribution in [2.24, 2.45) is 0 Å². The fraction of sp³-hybridized carbons (Fsp3) is 0.364. The van der Waals surface area contributed by atoms with E-state index in [-0.39, 0.29) is 10.8 Å². The van der Waals surface area contributed by atoms with E-state index < -0.39 is 10.0 Å². The highest BCUT2D eigenvalue weighted by Gasteiger charge is 2.17. The van der Waals surface area contributed by atoms with Gasteiger partial charge in [-0.15, -0.1) is 0 Å². The number of amides is 1. The highest BCUT2D eigenvalue weighted by Crippen LogP contribution is 2.13. The zero-order valence-electron chi connectivity index (χ0n) is 10.1. The molecule has 1 N–H and O–H groups in total. The van der Waals surface area contributed by atoms with Gasteiger partial charge < -0.3 is 5.32 Å². The summed E-state index contributed by atoms with van der Waals surface area (Å²) < 4.78 is 24.7. The third kappa shape index (κ3) is 3.04. The molecule has 1 rings (SSSR count). The van der Waals surface area contributed by atoms with Crippen LogP contribution in [-0.2, 0) is 10.0 Å². The van der Waals surface area contributed by atoms with E-state index in [1.807, 2.05) is 6.92 Å². The van der Waals surface area contributed by atoms with Gasteiger partial charge >= 0.3 is 0 Å². The first kappa shape index (κ1) is 13.7. The molecule has 5 nitrogen and oxygen atoms in total. The molecule has 94 valence electrons. The average molecular weight is 256 g/mol. The van der Waals surface area contributed by atoms with E-state index in [2.05, 4.69) is 5.32 Å². The van der Waals surface area contributed by atoms with Crippen LogP contribution < -0.4 is 5.32 Å². The second kappa shape index (κ2) is 5.29. The molecule has 0 fully saturated rings. The molecule has 1 aromatic carbocycles. The third-order valence-electron chi connectivity index (χ3n) is 2.23. The number of carbonyl (C=O) groups excluding carboxylic acids is 1. The summed E-state index contributed by atoms with van der Waals surface area (Å²) in [4.78, 5) is 11.6. The molecule has 0 aliphatic carbocycles. The molecule has 0 radical (unpaired) electrons. The quantitative estimate of drug-likeness (QED) is 0.861. The molecule has 0 unspecified atom stereocenters. The summed E-state index contributed by atoms with van der Waals surface area (Å²) in [5, 5.41) is 2.64. The number of sulfonamides is 1. The van der Waals surface area contributed by atoms with Gasteiger partial charge in [0, 0.05) is 26.2 Å². The molecule has 0 aromatic heterocycles. The number of hydrogen-bond donors (Lipinski definition) is 1. The van der Waals surface area contributed by atoms with Gasteiger partial charge in [-0.1, -0.05) is 0 Å². The topological polar surface area (TPSA) is 66.5 Å². The molecule has 0 heterocycles. The molecule has 1 amide bonds. The van der Waals surface area contributed by atoms with Crippen molar-refractivity contribution < 1.29 is 13.2 Å². The van der Waals surface area contributed by atoms with Crippen LogP contribution in [-0.4, -0.2) is 39.3 Å². The van der Waals surface area contributed by atoms with Crippen LogP contribution in [0.1, 0.15) is 17.3 Å². The maximum Gasteiger partial charge on any atom is 0.251 e. The fourth-order valence-electron chi connectivity index (χ4n) is 1.25. The van der Waals surface area contributed by atoms with Crippen molar-refractivity contribution in [2.75, 3.05) is 20.6 Å². The Balaban J connectivity index is 3.01. The summed E-state index contributed by atoms with van der Waals surface area (Å²) in [5.41, 5.74) is 0.449. The Bertz CT molecular complexity index is 492. The fourth-order valence-corrected chi connectivity index (χ4v) is 2.15. The van der Waals surface area contributed by atoms with E-state index in [0.717, 1.165) is 4.31 Å². The summed E-state index contributed by atoms with van der Waals surface area (Å²) >= 11 is 0. The van der Waals surface area contributed by atoms with Crippen molar-refractivity contribution in [1.29, 1.82) is 0 Å². The Morgan fingerprint density at radius 3 is 2.18 bits per heavy atom. The molecule has 0 atom stereocenters. The highest BCUT2D eigenvalue weighted by molar-refractivity contribution is 7.89. The Morgan fingerprint density at radius 1 is 1.24 bits per heavy atom. The van der Waals surface area contributed by atoms with Gasteiger partial charge in [-0.05, 0) is 31.2 Å². The first-order chi connectivity index (χ1) is 7.89. The maximum absolute atomic E-state index is 11.8. The molecule has 0 saturated heterocycles. The molecule has 6 heteroatoms. The van der Waals surface area contributed by atoms with Crippen molar-refractivity contribution in [3.05, 3.63) is 29.8 Å². The molecule has 0 aliphatic heterocycles. The zero-order valence-corrected chi connectivity index (χ0v) is 10.9. The van der Waals surface area contributed by atoms with Crippen LogP contribution in [0.4, 0.5) is 0 Å². The normalized spacial score (nSPS) is 11.5. The molecule has 17 heavy (non-hydrogen) atoms. The monoisotopic (exact) mass is 256 g/mol. The van der Waals surface area contributed by atoms with Gasteiger partial charge in [-0.2, -0.15) is 0 Å². The minimum Gasteiger partial charge on any atom is -0.352 e. The van der Waals surface area contributed by atoms with Crippen LogP contribution in [0.25, 0.3) is 0 Å². The van der Waals surface area contributed by atoms with Crippen molar-refractivity contribution in [3.8, 4) is 0 Å². The van der Waals surface area contributed by atoms with Crippen LogP contribution >= 0.6 is 0 Å². The Kier molecular flexibility index (Phi) is 4.25. The van der Waals surface area contributed by atoms with Crippen LogP contribution in [0.2, 0.25) is 0 Å². The molecule has 0 aliphatic rings. The molecule has 0 saturated carbocycles. The van der Waals surface area contributed by atoms with Gasteiger partial charge in [0.05, 0.1) is 4.90 Å². The zero-order chi connectivity index (χ0) is 13.1. The number of nitrogens with one attached hydrogen (secondary N) is 1. The number of rotatable bonds is 4. The lowest BCUT2D eigenvalue weighted by atomic mass is 10.2. The first-order valence-corrected chi connectivity index (χ1v) is 6.64. The average Bonchev–Trinajstić information content (AvgIpc) is 2.29. The van der Waals surface area contributed by atoms with Crippen LogP contribution in [0.15, 0.2) is 29.2 Å². The Morgan fingerprint density at radius 2 is 1.76 bits per heavy atom. The van der Waals surface area contributed by atoms with E-state index in [9.17, 15) is 13.2 Å². The maximum atomic E-state index is 11.8. The number of hydrogen-bond acceptors (Lipinski definition) is 3. The second-order valence-corrected chi connectivity index (χ2v) is 5.82. The van der Waals surface area contributed by atoms with Gasteiger partial charge in [0.2, 0.25) is 10.0 Å². The Labute approximate surface area is 101 Å². The van der Waals surface area contributed by atoms with Crippen molar-refractivity contribution in [2.45, 2.75) is 11.8 Å². The smallest absolute Gasteiger partial charge is 0.251 e. The minimum absolute atomic E-state index is 0.176. The van der Waals surface area contributed by atoms with E-state index in [1.54, 1.807) is 0 Å². The number of carbonyl (C=O) groups is 1. The van der Waals surface area contributed by atoms with Gasteiger partial charge in [0.15, 0.2) is 0 Å². The molecular formula is C11H16N2O3S. The van der Waals surface area contributed by atoms with Crippen LogP contribution in [0.5, 0.6) is 0 Å². The van der Waals surface area contributed by atoms with Gasteiger partial charge in [-0.3, -0.25) is 4.79 Å². The predicted octanol–water partition coefficient (Wildman–Crippen LogP) is 0.687. The summed E-state index contributed by atoms with van der Waals surface area (Å²) in [6.45, 7) is 2.36. The lowest BCUT2D eigenvalue weighted by molar-refractivity contribution is 0.0955. The first-order valence-electron chi connectivity index (χ1n) is 5.20. The van der Waals surface area contributed by atoms with E-state index in [4.69, 9.17) is 0 Å². The number of benzene rings is 1. The van der Waals surface area contributed by atoms with Gasteiger partial charge in [0.25, 0.3) is 5.91 Å². The summed E-state index contributed by atoms with van der Waals surface area (Å²) in [5.74, 6) is -0.207. The van der Waals surface area contributed by atoms with Gasteiger partial charge in [-0.25, -0.2) is 12.7 Å². The van der Waals surface area contributed by atoms with Crippen LogP contribution in [0.3, 0.4) is 0 Å². The largest absolute Gasteiger partial charge is 0.352 e. The number of nitrogens with zero attached hydrogens (tertiary/aromatic N) is 1. The summed E-state index contributed by atoms with van der Waals surface area (Å²) in [7, 11) is -0.499. The molecular weight excluding hydrogens is 240 g/mol. The van der Waals surface area contributed by atoms with Gasteiger partial charge in [0.1, 0.15) is 0 Å². The SMILES string of the molecule is CCNC(=O)c1ccc(S(=O)(=O)N(C)C)cc1. The molecule has 0 bridgehead atoms. The van der Waals surface area contributed by atoms with Crippen molar-refractivity contribution >= 4 is 15.9 Å². The lowest BCUT2D eigenvalue weighted by Crippen LogP contribution is -2.24. The third-order valence-corrected chi connectivity index (χ3v) is 4.06.